The van der Waals surface area contributed by atoms with E-state index in [1.54, 1.807) is 15.6 Å². The Bertz CT molecular complexity index is 1240. The van der Waals surface area contributed by atoms with Gasteiger partial charge in [-0.3, -0.25) is 4.68 Å². The molecule has 0 saturated heterocycles. The fourth-order valence-electron chi connectivity index (χ4n) is 3.53. The van der Waals surface area contributed by atoms with Gasteiger partial charge < -0.3 is 10.1 Å². The van der Waals surface area contributed by atoms with Crippen molar-refractivity contribution in [1.29, 1.82) is 0 Å². The first-order chi connectivity index (χ1) is 13.9. The molecule has 10 nitrogen and oxygen atoms in total. The van der Waals surface area contributed by atoms with E-state index in [4.69, 9.17) is 16.3 Å². The van der Waals surface area contributed by atoms with Crippen LogP contribution in [0.25, 0.3) is 16.9 Å². The second-order valence-electron chi connectivity index (χ2n) is 7.39. The first-order valence-corrected chi connectivity index (χ1v) is 9.68. The van der Waals surface area contributed by atoms with Crippen LogP contribution < -0.4 is 10.1 Å². The fraction of sp³-hybridized carbons (Fsp3) is 0.389. The van der Waals surface area contributed by atoms with Gasteiger partial charge in [0.1, 0.15) is 5.69 Å². The van der Waals surface area contributed by atoms with Crippen LogP contribution in [-0.2, 0) is 13.6 Å². The summed E-state index contributed by atoms with van der Waals surface area (Å²) in [5.74, 6) is 1.94. The lowest BCUT2D eigenvalue weighted by atomic mass is 10.2. The van der Waals surface area contributed by atoms with Crippen molar-refractivity contribution in [1.82, 2.24) is 39.3 Å². The predicted molar refractivity (Wildman–Crippen MR) is 108 cm³/mol. The molecule has 0 saturated carbocycles. The number of aryl methyl sites for hydroxylation is 2. The molecule has 0 spiro atoms. The molecule has 11 heteroatoms. The molecule has 5 rings (SSSR count). The smallest absolute Gasteiger partial charge is 0.257 e. The lowest BCUT2D eigenvalue weighted by molar-refractivity contribution is 0.233. The predicted octanol–water partition coefficient (Wildman–Crippen LogP) is 2.79. The lowest BCUT2D eigenvalue weighted by Crippen LogP contribution is -2.16. The van der Waals surface area contributed by atoms with Gasteiger partial charge in [-0.05, 0) is 13.8 Å². The van der Waals surface area contributed by atoms with E-state index in [9.17, 15) is 0 Å². The quantitative estimate of drug-likeness (QED) is 0.512. The minimum absolute atomic E-state index is 0.169. The Morgan fingerprint density at radius 3 is 2.83 bits per heavy atom. The summed E-state index contributed by atoms with van der Waals surface area (Å²) in [5, 5.41) is 17.9. The molecule has 0 fully saturated rings. The van der Waals surface area contributed by atoms with Crippen molar-refractivity contribution < 1.29 is 4.74 Å². The van der Waals surface area contributed by atoms with E-state index in [1.807, 2.05) is 31.6 Å². The topological polar surface area (TPSA) is 101 Å². The van der Waals surface area contributed by atoms with Gasteiger partial charge in [-0.1, -0.05) is 18.5 Å². The van der Waals surface area contributed by atoms with Crippen molar-refractivity contribution in [2.24, 2.45) is 13.0 Å². The molecule has 2 bridgehead atoms. The zero-order valence-electron chi connectivity index (χ0n) is 16.5. The van der Waals surface area contributed by atoms with Crippen LogP contribution in [0.4, 0.5) is 11.6 Å². The van der Waals surface area contributed by atoms with Gasteiger partial charge >= 0.3 is 0 Å². The fourth-order valence-corrected chi connectivity index (χ4v) is 3.75. The van der Waals surface area contributed by atoms with Crippen molar-refractivity contribution in [2.45, 2.75) is 27.3 Å². The Hall–Kier alpha value is -3.14. The summed E-state index contributed by atoms with van der Waals surface area (Å²) in [6, 6.07) is 1.97. The van der Waals surface area contributed by atoms with Gasteiger partial charge in [0.2, 0.25) is 5.95 Å². The van der Waals surface area contributed by atoms with Crippen LogP contribution in [-0.4, -0.2) is 45.9 Å². The molecule has 0 aromatic carbocycles. The number of hydrogen-bond acceptors (Lipinski definition) is 7. The molecule has 29 heavy (non-hydrogen) atoms. The van der Waals surface area contributed by atoms with Gasteiger partial charge in [-0.15, -0.1) is 5.10 Å². The molecule has 0 amide bonds. The average molecular weight is 414 g/mol. The standard InChI is InChI=1S/C18H20ClN9O/c1-9-7-27-16-12(15(19)24-27)6-20-18(22-16)21-14-11(3)28(25-17(14)29-8-9)13-5-10(2)23-26(13)4/h5-6,9H,7-8H2,1-4H3,(H,20,21,22)/t9-/m0/s1. The number of ether oxygens (including phenoxy) is 1. The number of fused-ring (bicyclic) bond motifs is 2. The molecule has 1 aliphatic rings. The van der Waals surface area contributed by atoms with Crippen LogP contribution in [0.15, 0.2) is 12.3 Å². The zero-order valence-corrected chi connectivity index (χ0v) is 17.3. The van der Waals surface area contributed by atoms with Gasteiger partial charge in [0, 0.05) is 31.8 Å². The molecule has 5 heterocycles. The highest BCUT2D eigenvalue weighted by Crippen LogP contribution is 2.33. The Morgan fingerprint density at radius 2 is 2.07 bits per heavy atom. The zero-order chi connectivity index (χ0) is 20.3. The van der Waals surface area contributed by atoms with E-state index < -0.39 is 0 Å². The number of hydrogen-bond donors (Lipinski definition) is 1. The van der Waals surface area contributed by atoms with Crippen LogP contribution in [0, 0.1) is 19.8 Å². The van der Waals surface area contributed by atoms with Crippen molar-refractivity contribution >= 4 is 34.3 Å². The summed E-state index contributed by atoms with van der Waals surface area (Å²) in [5.41, 5.74) is 3.19. The largest absolute Gasteiger partial charge is 0.475 e. The van der Waals surface area contributed by atoms with E-state index in [0.717, 1.165) is 28.3 Å². The maximum atomic E-state index is 6.26. The molecule has 4 aromatic rings. The molecule has 0 unspecified atom stereocenters. The van der Waals surface area contributed by atoms with Crippen LogP contribution in [0.3, 0.4) is 0 Å². The van der Waals surface area contributed by atoms with Crippen LogP contribution in [0.1, 0.15) is 18.3 Å². The number of nitrogens with one attached hydrogen (secondary N) is 1. The van der Waals surface area contributed by atoms with Crippen molar-refractivity contribution in [3.63, 3.8) is 0 Å². The van der Waals surface area contributed by atoms with Crippen LogP contribution in [0.2, 0.25) is 5.15 Å². The van der Waals surface area contributed by atoms with E-state index in [-0.39, 0.29) is 5.92 Å². The summed E-state index contributed by atoms with van der Waals surface area (Å²) in [6.45, 7) is 7.09. The Labute approximate surface area is 171 Å². The SMILES string of the molecule is Cc1cc(-n2nc3c(c2C)Nc2ncc4c(Cl)nn(c4n2)C[C@H](C)CO3)n(C)n1. The first-order valence-electron chi connectivity index (χ1n) is 9.30. The van der Waals surface area contributed by atoms with Crippen molar-refractivity contribution in [3.05, 3.63) is 28.8 Å². The number of rotatable bonds is 1. The van der Waals surface area contributed by atoms with Gasteiger partial charge in [-0.2, -0.15) is 15.2 Å². The lowest BCUT2D eigenvalue weighted by Gasteiger charge is -2.12. The molecular weight excluding hydrogens is 394 g/mol. The first kappa shape index (κ1) is 17.9. The minimum atomic E-state index is 0.169. The van der Waals surface area contributed by atoms with Crippen LogP contribution in [0.5, 0.6) is 5.88 Å². The maximum absolute atomic E-state index is 6.26. The van der Waals surface area contributed by atoms with Gasteiger partial charge in [0.25, 0.3) is 5.88 Å². The van der Waals surface area contributed by atoms with E-state index in [2.05, 4.69) is 37.5 Å². The third-order valence-corrected chi connectivity index (χ3v) is 5.23. The van der Waals surface area contributed by atoms with Crippen molar-refractivity contribution in [2.75, 3.05) is 11.9 Å². The van der Waals surface area contributed by atoms with Crippen LogP contribution >= 0.6 is 11.6 Å². The monoisotopic (exact) mass is 413 g/mol. The number of nitrogens with zero attached hydrogens (tertiary/aromatic N) is 8. The van der Waals surface area contributed by atoms with Gasteiger partial charge in [0.15, 0.2) is 16.6 Å². The number of aromatic nitrogens is 8. The minimum Gasteiger partial charge on any atom is -0.475 e. The van der Waals surface area contributed by atoms with E-state index in [1.165, 1.54) is 0 Å². The summed E-state index contributed by atoms with van der Waals surface area (Å²) < 4.78 is 11.5. The molecule has 1 aliphatic heterocycles. The molecule has 1 atom stereocenters. The Morgan fingerprint density at radius 1 is 1.24 bits per heavy atom. The van der Waals surface area contributed by atoms with E-state index in [0.29, 0.717) is 35.8 Å². The third kappa shape index (κ3) is 2.91. The highest BCUT2D eigenvalue weighted by molar-refractivity contribution is 6.34. The summed E-state index contributed by atoms with van der Waals surface area (Å²) in [7, 11) is 1.89. The third-order valence-electron chi connectivity index (χ3n) is 4.95. The number of halogens is 1. The average Bonchev–Trinajstić information content (AvgIpc) is 3.27. The summed E-state index contributed by atoms with van der Waals surface area (Å²) in [4.78, 5) is 9.04. The highest BCUT2D eigenvalue weighted by atomic mass is 35.5. The van der Waals surface area contributed by atoms with E-state index >= 15 is 0 Å². The molecule has 0 radical (unpaired) electrons. The molecular formula is C18H20ClN9O. The Kier molecular flexibility index (Phi) is 3.98. The van der Waals surface area contributed by atoms with Gasteiger partial charge in [0.05, 0.1) is 23.4 Å². The summed E-state index contributed by atoms with van der Waals surface area (Å²) >= 11 is 6.26. The van der Waals surface area contributed by atoms with Crippen molar-refractivity contribution in [3.8, 4) is 11.7 Å². The number of anilines is 2. The maximum Gasteiger partial charge on any atom is 0.257 e. The molecule has 1 N–H and O–H groups in total. The second kappa shape index (κ2) is 6.45. The van der Waals surface area contributed by atoms with Gasteiger partial charge in [-0.25, -0.2) is 14.3 Å². The molecule has 0 aliphatic carbocycles. The second-order valence-corrected chi connectivity index (χ2v) is 7.75. The summed E-state index contributed by atoms with van der Waals surface area (Å²) in [6.07, 6.45) is 1.68. The Balaban J connectivity index is 1.66. The highest BCUT2D eigenvalue weighted by Gasteiger charge is 2.23. The molecule has 150 valence electrons. The normalized spacial score (nSPS) is 16.4. The molecule has 4 aromatic heterocycles.